The molecule has 144 valence electrons. The minimum Gasteiger partial charge on any atom is -0.497 e. The summed E-state index contributed by atoms with van der Waals surface area (Å²) in [7, 11) is 1.62. The lowest BCUT2D eigenvalue weighted by atomic mass is 10.1. The Bertz CT molecular complexity index is 1140. The summed E-state index contributed by atoms with van der Waals surface area (Å²) in [6, 6.07) is 25.9. The molecular weight excluding hydrogens is 386 g/mol. The smallest absolute Gasteiger partial charge is 0.256 e. The summed E-state index contributed by atoms with van der Waals surface area (Å²) in [5, 5.41) is 8.15. The predicted octanol–water partition coefficient (Wildman–Crippen LogP) is 5.45. The second-order valence-electron chi connectivity index (χ2n) is 6.36. The fraction of sp³-hybridized carbons (Fsp3) is 0.0435. The van der Waals surface area contributed by atoms with Crippen molar-refractivity contribution >= 4 is 23.3 Å². The molecule has 1 heterocycles. The van der Waals surface area contributed by atoms with Crippen LogP contribution in [0.15, 0.2) is 84.9 Å². The van der Waals surface area contributed by atoms with E-state index in [1.54, 1.807) is 36.1 Å². The van der Waals surface area contributed by atoms with Crippen molar-refractivity contribution < 1.29 is 9.53 Å². The summed E-state index contributed by atoms with van der Waals surface area (Å²) >= 11 is 6.02. The highest BCUT2D eigenvalue weighted by Crippen LogP contribution is 2.26. The standard InChI is InChI=1S/C23H18ClN3O2/c1-29-20-12-10-19(11-13-20)27-22(15-21(26-27)16-6-3-2-4-7-16)25-23(28)17-8-5-9-18(24)14-17/h2-15H,1H3,(H,25,28). The molecule has 0 radical (unpaired) electrons. The molecule has 0 saturated heterocycles. The number of aromatic nitrogens is 2. The molecule has 0 aliphatic heterocycles. The normalized spacial score (nSPS) is 10.6. The number of ether oxygens (including phenoxy) is 1. The van der Waals surface area contributed by atoms with Crippen molar-refractivity contribution in [2.75, 3.05) is 12.4 Å². The third-order valence-corrected chi connectivity index (χ3v) is 4.66. The maximum absolute atomic E-state index is 12.8. The molecule has 0 saturated carbocycles. The summed E-state index contributed by atoms with van der Waals surface area (Å²) in [5.41, 5.74) is 2.98. The van der Waals surface area contributed by atoms with Gasteiger partial charge in [-0.15, -0.1) is 0 Å². The second kappa shape index (κ2) is 8.20. The molecule has 1 amide bonds. The van der Waals surface area contributed by atoms with Gasteiger partial charge in [0.1, 0.15) is 11.6 Å². The van der Waals surface area contributed by atoms with Crippen molar-refractivity contribution in [1.82, 2.24) is 9.78 Å². The molecule has 6 heteroatoms. The number of nitrogens with one attached hydrogen (secondary N) is 1. The van der Waals surface area contributed by atoms with Crippen molar-refractivity contribution in [2.45, 2.75) is 0 Å². The van der Waals surface area contributed by atoms with E-state index in [9.17, 15) is 4.79 Å². The average molecular weight is 404 g/mol. The molecule has 0 aliphatic carbocycles. The lowest BCUT2D eigenvalue weighted by molar-refractivity contribution is 0.102. The van der Waals surface area contributed by atoms with Gasteiger partial charge in [0.25, 0.3) is 5.91 Å². The number of rotatable bonds is 5. The molecule has 0 aliphatic rings. The first-order valence-corrected chi connectivity index (χ1v) is 9.39. The first kappa shape index (κ1) is 18.8. The van der Waals surface area contributed by atoms with Crippen molar-refractivity contribution in [3.8, 4) is 22.7 Å². The highest BCUT2D eigenvalue weighted by atomic mass is 35.5. The number of benzene rings is 3. The largest absolute Gasteiger partial charge is 0.497 e. The summed E-state index contributed by atoms with van der Waals surface area (Å²) in [4.78, 5) is 12.8. The Kier molecular flexibility index (Phi) is 5.31. The first-order chi connectivity index (χ1) is 14.1. The summed E-state index contributed by atoms with van der Waals surface area (Å²) in [5.74, 6) is 1.04. The van der Waals surface area contributed by atoms with Gasteiger partial charge in [0.2, 0.25) is 0 Å². The number of amides is 1. The molecule has 29 heavy (non-hydrogen) atoms. The number of carbonyl (C=O) groups is 1. The minimum absolute atomic E-state index is 0.262. The Balaban J connectivity index is 1.74. The van der Waals surface area contributed by atoms with Crippen molar-refractivity contribution in [2.24, 2.45) is 0 Å². The van der Waals surface area contributed by atoms with E-state index in [2.05, 4.69) is 5.32 Å². The van der Waals surface area contributed by atoms with Gasteiger partial charge in [-0.1, -0.05) is 48.0 Å². The van der Waals surface area contributed by atoms with Crippen LogP contribution in [0.3, 0.4) is 0 Å². The van der Waals surface area contributed by atoms with E-state index in [4.69, 9.17) is 21.4 Å². The van der Waals surface area contributed by atoms with E-state index in [0.29, 0.717) is 16.4 Å². The molecule has 3 aromatic carbocycles. The van der Waals surface area contributed by atoms with Gasteiger partial charge in [-0.25, -0.2) is 4.68 Å². The Hall–Kier alpha value is -3.57. The van der Waals surface area contributed by atoms with E-state index in [1.165, 1.54) is 0 Å². The van der Waals surface area contributed by atoms with Crippen LogP contribution < -0.4 is 10.1 Å². The lowest BCUT2D eigenvalue weighted by Crippen LogP contribution is -2.15. The number of carbonyl (C=O) groups excluding carboxylic acids is 1. The van der Waals surface area contributed by atoms with Crippen LogP contribution in [0.25, 0.3) is 16.9 Å². The molecule has 4 rings (SSSR count). The number of nitrogens with zero attached hydrogens (tertiary/aromatic N) is 2. The van der Waals surface area contributed by atoms with Crippen LogP contribution in [0.1, 0.15) is 10.4 Å². The Morgan fingerprint density at radius 2 is 1.72 bits per heavy atom. The number of halogens is 1. The molecule has 1 N–H and O–H groups in total. The first-order valence-electron chi connectivity index (χ1n) is 9.01. The Labute approximate surface area is 173 Å². The zero-order valence-electron chi connectivity index (χ0n) is 15.7. The summed E-state index contributed by atoms with van der Waals surface area (Å²) in [6.45, 7) is 0. The van der Waals surface area contributed by atoms with E-state index in [-0.39, 0.29) is 5.91 Å². The van der Waals surface area contributed by atoms with Gasteiger partial charge in [-0.2, -0.15) is 5.10 Å². The zero-order chi connectivity index (χ0) is 20.2. The summed E-state index contributed by atoms with van der Waals surface area (Å²) in [6.07, 6.45) is 0. The van der Waals surface area contributed by atoms with Crippen molar-refractivity contribution in [3.63, 3.8) is 0 Å². The fourth-order valence-corrected chi connectivity index (χ4v) is 3.15. The van der Waals surface area contributed by atoms with Crippen LogP contribution in [-0.4, -0.2) is 22.8 Å². The second-order valence-corrected chi connectivity index (χ2v) is 6.79. The number of hydrogen-bond donors (Lipinski definition) is 1. The Morgan fingerprint density at radius 1 is 0.966 bits per heavy atom. The van der Waals surface area contributed by atoms with Gasteiger partial charge in [0.15, 0.2) is 0 Å². The predicted molar refractivity (Wildman–Crippen MR) is 115 cm³/mol. The molecule has 1 aromatic heterocycles. The van der Waals surface area contributed by atoms with Gasteiger partial charge in [0, 0.05) is 22.2 Å². The maximum atomic E-state index is 12.8. The van der Waals surface area contributed by atoms with Crippen LogP contribution in [0, 0.1) is 0 Å². The van der Waals surface area contributed by atoms with E-state index in [0.717, 1.165) is 22.7 Å². The number of methoxy groups -OCH3 is 1. The molecule has 0 fully saturated rings. The molecule has 0 spiro atoms. The topological polar surface area (TPSA) is 56.1 Å². The summed E-state index contributed by atoms with van der Waals surface area (Å²) < 4.78 is 6.93. The highest BCUT2D eigenvalue weighted by Gasteiger charge is 2.15. The third-order valence-electron chi connectivity index (χ3n) is 4.42. The van der Waals surface area contributed by atoms with E-state index in [1.807, 2.05) is 60.7 Å². The van der Waals surface area contributed by atoms with E-state index >= 15 is 0 Å². The average Bonchev–Trinajstić information content (AvgIpc) is 3.18. The molecule has 5 nitrogen and oxygen atoms in total. The van der Waals surface area contributed by atoms with Crippen molar-refractivity contribution in [1.29, 1.82) is 0 Å². The molecule has 4 aromatic rings. The van der Waals surface area contributed by atoms with Gasteiger partial charge >= 0.3 is 0 Å². The highest BCUT2D eigenvalue weighted by molar-refractivity contribution is 6.31. The van der Waals surface area contributed by atoms with Crippen LogP contribution in [0.4, 0.5) is 5.82 Å². The fourth-order valence-electron chi connectivity index (χ4n) is 2.96. The Morgan fingerprint density at radius 3 is 2.41 bits per heavy atom. The number of anilines is 1. The minimum atomic E-state index is -0.262. The maximum Gasteiger partial charge on any atom is 0.256 e. The van der Waals surface area contributed by atoms with Gasteiger partial charge < -0.3 is 10.1 Å². The molecule has 0 bridgehead atoms. The van der Waals surface area contributed by atoms with Crippen LogP contribution in [0.2, 0.25) is 5.02 Å². The van der Waals surface area contributed by atoms with Crippen LogP contribution >= 0.6 is 11.6 Å². The molecular formula is C23H18ClN3O2. The van der Waals surface area contributed by atoms with Crippen molar-refractivity contribution in [3.05, 3.63) is 95.5 Å². The van der Waals surface area contributed by atoms with Gasteiger partial charge in [0.05, 0.1) is 18.5 Å². The van der Waals surface area contributed by atoms with Crippen LogP contribution in [-0.2, 0) is 0 Å². The third kappa shape index (κ3) is 4.15. The quantitative estimate of drug-likeness (QED) is 0.481. The van der Waals surface area contributed by atoms with Crippen LogP contribution in [0.5, 0.6) is 5.75 Å². The van der Waals surface area contributed by atoms with Gasteiger partial charge in [-0.05, 0) is 42.5 Å². The molecule has 0 atom stereocenters. The molecule has 0 unspecified atom stereocenters. The SMILES string of the molecule is COc1ccc(-n2nc(-c3ccccc3)cc2NC(=O)c2cccc(Cl)c2)cc1. The van der Waals surface area contributed by atoms with E-state index < -0.39 is 0 Å². The number of hydrogen-bond acceptors (Lipinski definition) is 3. The zero-order valence-corrected chi connectivity index (χ0v) is 16.4. The van der Waals surface area contributed by atoms with Gasteiger partial charge in [-0.3, -0.25) is 4.79 Å². The monoisotopic (exact) mass is 403 g/mol. The lowest BCUT2D eigenvalue weighted by Gasteiger charge is -2.10.